The van der Waals surface area contributed by atoms with E-state index in [1.54, 1.807) is 0 Å². The molecule has 0 unspecified atom stereocenters. The van der Waals surface area contributed by atoms with E-state index in [-0.39, 0.29) is 0 Å². The van der Waals surface area contributed by atoms with E-state index in [4.69, 9.17) is 0 Å². The second kappa shape index (κ2) is 8.48. The Kier molecular flexibility index (Phi) is 7.81. The van der Waals surface area contributed by atoms with Gasteiger partial charge in [-0.1, -0.05) is 73.9 Å². The molecule has 0 aromatic carbocycles. The fourth-order valence-electron chi connectivity index (χ4n) is 5.47. The number of hydrogen-bond acceptors (Lipinski definition) is 1. The van der Waals surface area contributed by atoms with E-state index in [0.717, 1.165) is 22.7 Å². The van der Waals surface area contributed by atoms with Crippen LogP contribution in [-0.4, -0.2) is 33.1 Å². The molecule has 0 spiro atoms. The Hall–Kier alpha value is 0.134. The molecule has 0 bridgehead atoms. The van der Waals surface area contributed by atoms with Crippen molar-refractivity contribution in [3.63, 3.8) is 0 Å². The van der Waals surface area contributed by atoms with Gasteiger partial charge in [0.2, 0.25) is 0 Å². The van der Waals surface area contributed by atoms with Gasteiger partial charge >= 0.3 is 0 Å². The summed E-state index contributed by atoms with van der Waals surface area (Å²) in [7, 11) is -2.90. The monoisotopic (exact) mass is 353 g/mol. The summed E-state index contributed by atoms with van der Waals surface area (Å²) in [5.74, 6) is 0. The summed E-state index contributed by atoms with van der Waals surface area (Å²) in [6, 6.07) is 0.842. The molecule has 1 fully saturated rings. The fraction of sp³-hybridized carbons (Fsp3) is 0.900. The van der Waals surface area contributed by atoms with Crippen molar-refractivity contribution in [3.8, 4) is 0 Å². The van der Waals surface area contributed by atoms with Crippen LogP contribution in [0.2, 0.25) is 29.7 Å². The number of nitrogens with zero attached hydrogens (tertiary/aromatic N) is 1. The van der Waals surface area contributed by atoms with Crippen LogP contribution in [0.1, 0.15) is 73.6 Å². The van der Waals surface area contributed by atoms with Gasteiger partial charge in [-0.2, -0.15) is 0 Å². The van der Waals surface area contributed by atoms with Gasteiger partial charge in [-0.05, 0) is 35.6 Å². The Morgan fingerprint density at radius 3 is 1.70 bits per heavy atom. The van der Waals surface area contributed by atoms with Crippen LogP contribution in [0.3, 0.4) is 0 Å². The van der Waals surface area contributed by atoms with Gasteiger partial charge in [0, 0.05) is 6.04 Å². The van der Waals surface area contributed by atoms with Gasteiger partial charge in [0.05, 0.1) is 8.07 Å². The Morgan fingerprint density at radius 2 is 1.35 bits per heavy atom. The first kappa shape index (κ1) is 21.2. The third kappa shape index (κ3) is 4.61. The molecule has 0 N–H and O–H groups in total. The van der Waals surface area contributed by atoms with E-state index in [1.807, 2.05) is 0 Å². The van der Waals surface area contributed by atoms with Crippen LogP contribution in [0.15, 0.2) is 12.3 Å². The lowest BCUT2D eigenvalue weighted by atomic mass is 9.96. The van der Waals surface area contributed by atoms with Crippen LogP contribution in [0.5, 0.6) is 0 Å². The number of rotatable bonds is 8. The standard InChI is InChI=1S/C20H43NSi2/c1-10-22(8,9)16-21(20-14-12-11-13-15-20)23(17(2)3,18(4)5)19(6)7/h10,17-20H,1,11-16H2,2-9H3. The van der Waals surface area contributed by atoms with E-state index < -0.39 is 16.3 Å². The molecule has 0 radical (unpaired) electrons. The Balaban J connectivity index is 3.34. The second-order valence-corrected chi connectivity index (χ2v) is 20.0. The lowest BCUT2D eigenvalue weighted by Crippen LogP contribution is -2.66. The molecule has 1 rings (SSSR count). The van der Waals surface area contributed by atoms with E-state index in [9.17, 15) is 0 Å². The molecule has 0 aliphatic heterocycles. The highest BCUT2D eigenvalue weighted by atomic mass is 28.3. The van der Waals surface area contributed by atoms with Gasteiger partial charge in [0.15, 0.2) is 0 Å². The van der Waals surface area contributed by atoms with Crippen LogP contribution in [0, 0.1) is 0 Å². The molecule has 1 saturated carbocycles. The third-order valence-corrected chi connectivity index (χ3v) is 16.1. The van der Waals surface area contributed by atoms with Crippen molar-refractivity contribution in [1.29, 1.82) is 0 Å². The smallest absolute Gasteiger partial charge is 0.136 e. The topological polar surface area (TPSA) is 3.24 Å². The van der Waals surface area contributed by atoms with Gasteiger partial charge in [-0.3, -0.25) is 0 Å². The van der Waals surface area contributed by atoms with Crippen LogP contribution >= 0.6 is 0 Å². The minimum atomic E-state index is -1.55. The minimum absolute atomic E-state index is 0.819. The quantitative estimate of drug-likeness (QED) is 0.435. The van der Waals surface area contributed by atoms with E-state index in [2.05, 4.69) is 71.5 Å². The lowest BCUT2D eigenvalue weighted by molar-refractivity contribution is 0.255. The summed E-state index contributed by atoms with van der Waals surface area (Å²) in [6.07, 6.45) is 8.53. The zero-order chi connectivity index (χ0) is 17.8. The van der Waals surface area contributed by atoms with Crippen LogP contribution in [-0.2, 0) is 0 Å². The first-order valence-electron chi connectivity index (χ1n) is 10.00. The summed E-state index contributed by atoms with van der Waals surface area (Å²) in [5, 5.41) is 0. The van der Waals surface area contributed by atoms with Gasteiger partial charge in [0.25, 0.3) is 0 Å². The van der Waals surface area contributed by atoms with Crippen LogP contribution in [0.25, 0.3) is 0 Å². The average Bonchev–Trinajstić information content (AvgIpc) is 2.46. The van der Waals surface area contributed by atoms with Crippen molar-refractivity contribution >= 4 is 16.3 Å². The minimum Gasteiger partial charge on any atom is -0.322 e. The molecule has 1 nitrogen and oxygen atoms in total. The fourth-order valence-corrected chi connectivity index (χ4v) is 15.9. The molecule has 136 valence electrons. The highest BCUT2D eigenvalue weighted by molar-refractivity contribution is 6.86. The van der Waals surface area contributed by atoms with Crippen LogP contribution in [0.4, 0.5) is 0 Å². The zero-order valence-electron chi connectivity index (χ0n) is 17.3. The molecule has 0 aromatic heterocycles. The van der Waals surface area contributed by atoms with Gasteiger partial charge in [-0.25, -0.2) is 0 Å². The Labute approximate surface area is 149 Å². The molecule has 3 heteroatoms. The summed E-state index contributed by atoms with van der Waals surface area (Å²) < 4.78 is 3.14. The van der Waals surface area contributed by atoms with E-state index >= 15 is 0 Å². The van der Waals surface area contributed by atoms with Crippen molar-refractivity contribution in [2.24, 2.45) is 0 Å². The highest BCUT2D eigenvalue weighted by Gasteiger charge is 2.51. The van der Waals surface area contributed by atoms with Gasteiger partial charge in [0.1, 0.15) is 8.24 Å². The predicted molar refractivity (Wildman–Crippen MR) is 112 cm³/mol. The summed E-state index contributed by atoms with van der Waals surface area (Å²) >= 11 is 0. The maximum Gasteiger partial charge on any atom is 0.136 e. The molecular weight excluding hydrogens is 310 g/mol. The second-order valence-electron chi connectivity index (χ2n) is 9.46. The molecule has 0 aromatic rings. The maximum absolute atomic E-state index is 4.20. The zero-order valence-corrected chi connectivity index (χ0v) is 19.3. The first-order valence-corrected chi connectivity index (χ1v) is 15.5. The SMILES string of the molecule is C=C[Si](C)(C)CN(C1CCCCC1)[Si](C(C)C)(C(C)C)C(C)C. The van der Waals surface area contributed by atoms with E-state index in [1.165, 1.54) is 38.3 Å². The maximum atomic E-state index is 4.20. The highest BCUT2D eigenvalue weighted by Crippen LogP contribution is 2.46. The molecule has 23 heavy (non-hydrogen) atoms. The molecule has 0 amide bonds. The van der Waals surface area contributed by atoms with Crippen molar-refractivity contribution in [2.45, 2.75) is 109 Å². The van der Waals surface area contributed by atoms with Crippen molar-refractivity contribution < 1.29 is 0 Å². The van der Waals surface area contributed by atoms with Crippen molar-refractivity contribution in [3.05, 3.63) is 12.3 Å². The molecular formula is C20H43NSi2. The number of hydrogen-bond donors (Lipinski definition) is 0. The molecule has 0 heterocycles. The molecule has 1 aliphatic carbocycles. The average molecular weight is 354 g/mol. The summed E-state index contributed by atoms with van der Waals surface area (Å²) in [4.78, 5) is 0. The van der Waals surface area contributed by atoms with Gasteiger partial charge in [-0.15, -0.1) is 12.3 Å². The molecule has 0 saturated heterocycles. The van der Waals surface area contributed by atoms with Gasteiger partial charge < -0.3 is 4.57 Å². The molecule has 0 atom stereocenters. The molecule has 1 aliphatic rings. The predicted octanol–water partition coefficient (Wildman–Crippen LogP) is 6.77. The summed E-state index contributed by atoms with van der Waals surface area (Å²) in [6.45, 7) is 24.3. The summed E-state index contributed by atoms with van der Waals surface area (Å²) in [5.41, 5.74) is 4.78. The third-order valence-electron chi connectivity index (χ3n) is 6.42. The Bertz CT molecular complexity index is 346. The Morgan fingerprint density at radius 1 is 0.913 bits per heavy atom. The lowest BCUT2D eigenvalue weighted by Gasteiger charge is -2.56. The first-order chi connectivity index (χ1) is 10.6. The largest absolute Gasteiger partial charge is 0.322 e. The normalized spacial score (nSPS) is 18.4. The van der Waals surface area contributed by atoms with Crippen molar-refractivity contribution in [1.82, 2.24) is 4.57 Å². The van der Waals surface area contributed by atoms with Crippen molar-refractivity contribution in [2.75, 3.05) is 6.17 Å². The van der Waals surface area contributed by atoms with E-state index in [0.29, 0.717) is 0 Å². The van der Waals surface area contributed by atoms with Crippen LogP contribution < -0.4 is 0 Å².